The lowest BCUT2D eigenvalue weighted by atomic mass is 9.93. The highest BCUT2D eigenvalue weighted by molar-refractivity contribution is 14.1. The van der Waals surface area contributed by atoms with Crippen LogP contribution < -0.4 is 21.4 Å². The molecule has 268 valence electrons. The number of aliphatic hydroxyl groups is 1. The number of hydrogen-bond acceptors (Lipinski definition) is 8. The predicted molar refractivity (Wildman–Crippen MR) is 201 cm³/mol. The fourth-order valence-electron chi connectivity index (χ4n) is 5.72. The van der Waals surface area contributed by atoms with Gasteiger partial charge in [-0.1, -0.05) is 124 Å². The predicted octanol–water partition coefficient (Wildman–Crippen LogP) is 4.38. The molecule has 2 aromatic rings. The summed E-state index contributed by atoms with van der Waals surface area (Å²) in [4.78, 5) is 43.4. The van der Waals surface area contributed by atoms with E-state index in [2.05, 4.69) is 31.1 Å². The molecular formula is C36H50IN3O8Si. The summed E-state index contributed by atoms with van der Waals surface area (Å²) in [6.45, 7) is 16.6. The maximum atomic E-state index is 13.7. The third kappa shape index (κ3) is 9.57. The topological polar surface area (TPSA) is 159 Å². The second-order valence-electron chi connectivity index (χ2n) is 14.3. The van der Waals surface area contributed by atoms with E-state index < -0.39 is 65.8 Å². The Morgan fingerprint density at radius 1 is 1.04 bits per heavy atom. The molecule has 1 aliphatic rings. The van der Waals surface area contributed by atoms with Gasteiger partial charge in [0.2, 0.25) is 5.79 Å². The fraction of sp³-hybridized carbons (Fsp3) is 0.500. The number of alkyl halides is 1. The number of halogens is 1. The Balaban J connectivity index is 2.02. The fourth-order valence-corrected chi connectivity index (χ4v) is 10.9. The zero-order valence-electron chi connectivity index (χ0n) is 29.7. The van der Waals surface area contributed by atoms with Gasteiger partial charge in [0.05, 0.1) is 6.61 Å². The van der Waals surface area contributed by atoms with E-state index in [0.717, 1.165) is 10.4 Å². The summed E-state index contributed by atoms with van der Waals surface area (Å²) in [5, 5.41) is 16.1. The molecule has 0 aromatic heterocycles. The Bertz CT molecular complexity index is 1470. The van der Waals surface area contributed by atoms with E-state index in [1.54, 1.807) is 70.2 Å². The Kier molecular flexibility index (Phi) is 13.4. The first-order valence-electron chi connectivity index (χ1n) is 16.3. The smallest absolute Gasteiger partial charge is 0.408 e. The van der Waals surface area contributed by atoms with Crippen LogP contribution in [-0.4, -0.2) is 77.4 Å². The molecule has 2 unspecified atom stereocenters. The zero-order valence-corrected chi connectivity index (χ0v) is 32.9. The molecule has 0 aliphatic carbocycles. The van der Waals surface area contributed by atoms with Gasteiger partial charge in [-0.2, -0.15) is 4.99 Å². The molecule has 0 bridgehead atoms. The van der Waals surface area contributed by atoms with Gasteiger partial charge in [0, 0.05) is 0 Å². The number of nitrogens with two attached hydrogens (primary N) is 1. The minimum atomic E-state index is -3.07. The van der Waals surface area contributed by atoms with Gasteiger partial charge < -0.3 is 34.8 Å². The highest BCUT2D eigenvalue weighted by Gasteiger charge is 2.64. The molecule has 0 radical (unpaired) electrons. The van der Waals surface area contributed by atoms with Gasteiger partial charge in [0.1, 0.15) is 27.5 Å². The lowest BCUT2D eigenvalue weighted by Gasteiger charge is -2.52. The van der Waals surface area contributed by atoms with E-state index in [1.165, 1.54) is 6.08 Å². The number of aliphatic imine (C=N–C) groups is 1. The summed E-state index contributed by atoms with van der Waals surface area (Å²) in [5.41, 5.74) is 5.04. The number of ether oxygens (including phenoxy) is 3. The van der Waals surface area contributed by atoms with Crippen molar-refractivity contribution >= 4 is 65.1 Å². The van der Waals surface area contributed by atoms with Gasteiger partial charge in [0.25, 0.3) is 14.2 Å². The van der Waals surface area contributed by atoms with Gasteiger partial charge >= 0.3 is 12.1 Å². The van der Waals surface area contributed by atoms with Crippen LogP contribution in [0.5, 0.6) is 0 Å². The Morgan fingerprint density at radius 2 is 1.57 bits per heavy atom. The first-order chi connectivity index (χ1) is 22.8. The van der Waals surface area contributed by atoms with Crippen LogP contribution in [0.2, 0.25) is 5.04 Å². The quantitative estimate of drug-likeness (QED) is 0.0708. The monoisotopic (exact) mass is 807 g/mol. The maximum Gasteiger partial charge on any atom is 0.408 e. The molecule has 49 heavy (non-hydrogen) atoms. The Morgan fingerprint density at radius 3 is 2.02 bits per heavy atom. The van der Waals surface area contributed by atoms with Crippen LogP contribution in [0.1, 0.15) is 62.3 Å². The molecule has 5 atom stereocenters. The number of allylic oxidation sites excluding steroid dienone is 1. The van der Waals surface area contributed by atoms with Crippen LogP contribution in [0.15, 0.2) is 77.8 Å². The van der Waals surface area contributed by atoms with Crippen LogP contribution in [-0.2, 0) is 28.2 Å². The van der Waals surface area contributed by atoms with Crippen molar-refractivity contribution in [2.24, 2.45) is 16.6 Å². The highest BCUT2D eigenvalue weighted by atomic mass is 127. The summed E-state index contributed by atoms with van der Waals surface area (Å²) in [5.74, 6) is -4.36. The van der Waals surface area contributed by atoms with Crippen molar-refractivity contribution in [1.29, 1.82) is 0 Å². The van der Waals surface area contributed by atoms with Crippen molar-refractivity contribution in [1.82, 2.24) is 5.32 Å². The number of rotatable bonds is 12. The number of carbonyl (C=O) groups excluding carboxylic acids is 3. The first-order valence-corrected chi connectivity index (χ1v) is 19.4. The largest absolute Gasteiger partial charge is 0.452 e. The second kappa shape index (κ2) is 16.3. The minimum Gasteiger partial charge on any atom is -0.452 e. The third-order valence-corrected chi connectivity index (χ3v) is 14.4. The summed E-state index contributed by atoms with van der Waals surface area (Å²) in [6, 6.07) is 18.8. The van der Waals surface area contributed by atoms with Crippen molar-refractivity contribution in [3.05, 3.63) is 72.8 Å². The number of benzene rings is 2. The lowest BCUT2D eigenvalue weighted by Crippen LogP contribution is -2.74. The first kappa shape index (κ1) is 40.3. The lowest BCUT2D eigenvalue weighted by molar-refractivity contribution is -0.381. The van der Waals surface area contributed by atoms with E-state index in [0.29, 0.717) is 0 Å². The summed E-state index contributed by atoms with van der Waals surface area (Å²) in [6.07, 6.45) is -0.0861. The number of esters is 1. The molecule has 0 spiro atoms. The number of nitrogens with zero attached hydrogens (tertiary/aromatic N) is 1. The van der Waals surface area contributed by atoms with Gasteiger partial charge in [0.15, 0.2) is 6.10 Å². The molecule has 1 fully saturated rings. The van der Waals surface area contributed by atoms with Gasteiger partial charge in [-0.15, -0.1) is 0 Å². The Labute approximate surface area is 304 Å². The number of carbonyl (C=O) groups is 3. The van der Waals surface area contributed by atoms with E-state index >= 15 is 0 Å². The van der Waals surface area contributed by atoms with Crippen molar-refractivity contribution in [3.63, 3.8) is 0 Å². The van der Waals surface area contributed by atoms with Crippen molar-refractivity contribution in [2.45, 2.75) is 101 Å². The van der Waals surface area contributed by atoms with E-state index in [-0.39, 0.29) is 17.5 Å². The van der Waals surface area contributed by atoms with E-state index in [4.69, 9.17) is 24.4 Å². The molecule has 3 rings (SSSR count). The SMILES string of the molecule is C/C=C\C(N)=N/C(=O)[C@H](I)[C@]1(O)O[C@H](CO[Si](c2ccccc2)(c2ccccc2)C(C)(C)C)C1OC(=O)C(NC(=O)OC(C)(C)C)C(C)C. The summed E-state index contributed by atoms with van der Waals surface area (Å²) < 4.78 is 23.1. The maximum absolute atomic E-state index is 13.7. The normalized spacial score (nSPS) is 21.5. The zero-order chi connectivity index (χ0) is 36.8. The summed E-state index contributed by atoms with van der Waals surface area (Å²) >= 11 is 1.71. The molecule has 2 amide bonds. The minimum absolute atomic E-state index is 0.0568. The van der Waals surface area contributed by atoms with Gasteiger partial charge in [-0.3, -0.25) is 4.79 Å². The van der Waals surface area contributed by atoms with Gasteiger partial charge in [-0.25, -0.2) is 9.59 Å². The van der Waals surface area contributed by atoms with Crippen LogP contribution >= 0.6 is 22.6 Å². The van der Waals surface area contributed by atoms with Crippen molar-refractivity contribution in [2.75, 3.05) is 6.61 Å². The molecule has 1 aliphatic heterocycles. The molecule has 0 saturated carbocycles. The molecule has 13 heteroatoms. The molecule has 1 heterocycles. The Hall–Kier alpha value is -3.11. The molecular weight excluding hydrogens is 757 g/mol. The summed E-state index contributed by atoms with van der Waals surface area (Å²) in [7, 11) is -3.07. The van der Waals surface area contributed by atoms with Crippen LogP contribution in [0.25, 0.3) is 0 Å². The highest BCUT2D eigenvalue weighted by Crippen LogP contribution is 2.43. The number of alkyl carbamates (subject to hydrolysis) is 1. The molecule has 1 saturated heterocycles. The second-order valence-corrected chi connectivity index (χ2v) is 19.9. The number of hydrogen-bond donors (Lipinski definition) is 3. The third-order valence-electron chi connectivity index (χ3n) is 7.96. The van der Waals surface area contributed by atoms with Crippen LogP contribution in [0.3, 0.4) is 0 Å². The number of amides is 2. The van der Waals surface area contributed by atoms with E-state index in [9.17, 15) is 19.5 Å². The number of nitrogens with one attached hydrogen (secondary N) is 1. The molecule has 11 nitrogen and oxygen atoms in total. The molecule has 2 aromatic carbocycles. The number of amidine groups is 1. The van der Waals surface area contributed by atoms with E-state index in [1.807, 2.05) is 60.7 Å². The van der Waals surface area contributed by atoms with Crippen LogP contribution in [0.4, 0.5) is 4.79 Å². The van der Waals surface area contributed by atoms with Crippen LogP contribution in [0, 0.1) is 5.92 Å². The van der Waals surface area contributed by atoms with Gasteiger partial charge in [-0.05, 0) is 55.1 Å². The molecule has 4 N–H and O–H groups in total. The standard InChI is InChI=1S/C36H50IN3O8Si/c1-10-17-27(38)39-31(41)29(37)36(44)30(46-32(42)28(23(2)3)40-33(43)48-34(4,5)6)26(47-36)22-45-49(35(7,8)9,24-18-13-11-14-19-24)25-20-15-12-16-21-25/h10-21,23,26,28-30,44H,22H2,1-9H3,(H,40,43)(H2,38,39,41)/b17-10-/t26-,28?,29+,30?,36+/m1/s1. The van der Waals surface area contributed by atoms with Crippen molar-refractivity contribution < 1.29 is 38.1 Å². The average Bonchev–Trinajstić information content (AvgIpc) is 3.01. The average molecular weight is 808 g/mol. The van der Waals surface area contributed by atoms with Crippen molar-refractivity contribution in [3.8, 4) is 0 Å².